The first kappa shape index (κ1) is 14.7. The lowest BCUT2D eigenvalue weighted by molar-refractivity contribution is -0.141. The van der Waals surface area contributed by atoms with Gasteiger partial charge in [-0.2, -0.15) is 0 Å². The van der Waals surface area contributed by atoms with Crippen molar-refractivity contribution in [1.29, 1.82) is 0 Å². The highest BCUT2D eigenvalue weighted by molar-refractivity contribution is 6.04. The summed E-state index contributed by atoms with van der Waals surface area (Å²) in [6, 6.07) is 7.61. The summed E-state index contributed by atoms with van der Waals surface area (Å²) < 4.78 is 0. The molecule has 0 radical (unpaired) electrons. The minimum atomic E-state index is -0.827. The summed E-state index contributed by atoms with van der Waals surface area (Å²) in [5, 5.41) is 10.2. The number of rotatable bonds is 4. The van der Waals surface area contributed by atoms with E-state index in [2.05, 4.69) is 6.92 Å². The van der Waals surface area contributed by atoms with Gasteiger partial charge >= 0.3 is 0 Å². The second kappa shape index (κ2) is 5.75. The molecule has 1 aliphatic rings. The third-order valence-corrected chi connectivity index (χ3v) is 4.19. The van der Waals surface area contributed by atoms with Crippen molar-refractivity contribution >= 4 is 11.8 Å². The quantitative estimate of drug-likeness (QED) is 0.854. The minimum Gasteiger partial charge on any atom is -0.387 e. The Balaban J connectivity index is 2.09. The molecule has 1 aliphatic heterocycles. The largest absolute Gasteiger partial charge is 0.387 e. The van der Waals surface area contributed by atoms with E-state index in [-0.39, 0.29) is 30.2 Å². The average Bonchev–Trinajstić information content (AvgIpc) is 2.65. The number of aliphatic hydroxyl groups is 1. The molecule has 3 unspecified atom stereocenters. The molecule has 1 saturated heterocycles. The number of amides is 2. The third kappa shape index (κ3) is 2.61. The van der Waals surface area contributed by atoms with Crippen LogP contribution in [-0.2, 0) is 16.0 Å². The molecule has 4 heteroatoms. The van der Waals surface area contributed by atoms with Gasteiger partial charge in [0.25, 0.3) is 0 Å². The lowest BCUT2D eigenvalue weighted by atomic mass is 10.00. The molecule has 1 fully saturated rings. The SMILES string of the molecule is CCc1ccc(C(O)CN2C(=O)C(C)C(C)C2=O)cc1. The van der Waals surface area contributed by atoms with E-state index in [4.69, 9.17) is 0 Å². The molecule has 3 atom stereocenters. The van der Waals surface area contributed by atoms with Crippen molar-refractivity contribution in [3.63, 3.8) is 0 Å². The Morgan fingerprint density at radius 3 is 2.05 bits per heavy atom. The van der Waals surface area contributed by atoms with Crippen LogP contribution in [0.2, 0.25) is 0 Å². The van der Waals surface area contributed by atoms with Gasteiger partial charge in [-0.15, -0.1) is 0 Å². The zero-order chi connectivity index (χ0) is 14.9. The predicted octanol–water partition coefficient (Wildman–Crippen LogP) is 1.92. The molecule has 108 valence electrons. The molecular formula is C16H21NO3. The fourth-order valence-corrected chi connectivity index (χ4v) is 2.46. The molecule has 20 heavy (non-hydrogen) atoms. The van der Waals surface area contributed by atoms with E-state index in [0.29, 0.717) is 0 Å². The Labute approximate surface area is 119 Å². The average molecular weight is 275 g/mol. The first-order chi connectivity index (χ1) is 9.45. The molecule has 0 spiro atoms. The van der Waals surface area contributed by atoms with Crippen molar-refractivity contribution in [2.24, 2.45) is 11.8 Å². The number of hydrogen-bond donors (Lipinski definition) is 1. The molecular weight excluding hydrogens is 254 g/mol. The first-order valence-electron chi connectivity index (χ1n) is 7.07. The van der Waals surface area contributed by atoms with E-state index in [0.717, 1.165) is 12.0 Å². The topological polar surface area (TPSA) is 57.6 Å². The van der Waals surface area contributed by atoms with Gasteiger partial charge in [-0.05, 0) is 17.5 Å². The molecule has 1 N–H and O–H groups in total. The molecule has 1 aromatic carbocycles. The number of imide groups is 1. The number of aryl methyl sites for hydroxylation is 1. The van der Waals surface area contributed by atoms with Gasteiger partial charge in [0.1, 0.15) is 0 Å². The van der Waals surface area contributed by atoms with E-state index in [1.807, 2.05) is 24.3 Å². The van der Waals surface area contributed by atoms with E-state index in [1.54, 1.807) is 13.8 Å². The highest BCUT2D eigenvalue weighted by atomic mass is 16.3. The molecule has 0 saturated carbocycles. The number of benzene rings is 1. The number of hydrogen-bond acceptors (Lipinski definition) is 3. The Morgan fingerprint density at radius 2 is 1.60 bits per heavy atom. The van der Waals surface area contributed by atoms with Gasteiger partial charge in [-0.1, -0.05) is 45.0 Å². The summed E-state index contributed by atoms with van der Waals surface area (Å²) in [5.41, 5.74) is 1.92. The van der Waals surface area contributed by atoms with Crippen molar-refractivity contribution in [3.8, 4) is 0 Å². The Hall–Kier alpha value is -1.68. The standard InChI is InChI=1S/C16H21NO3/c1-4-12-5-7-13(8-6-12)14(18)9-17-15(19)10(2)11(3)16(17)20/h5-8,10-11,14,18H,4,9H2,1-3H3. The predicted molar refractivity (Wildman–Crippen MR) is 75.8 cm³/mol. The number of carbonyl (C=O) groups is 2. The number of aliphatic hydroxyl groups excluding tert-OH is 1. The van der Waals surface area contributed by atoms with E-state index >= 15 is 0 Å². The van der Waals surface area contributed by atoms with Crippen LogP contribution in [0.3, 0.4) is 0 Å². The Bertz CT molecular complexity index is 489. The summed E-state index contributed by atoms with van der Waals surface area (Å²) in [6.45, 7) is 5.62. The summed E-state index contributed by atoms with van der Waals surface area (Å²) in [7, 11) is 0. The van der Waals surface area contributed by atoms with Crippen molar-refractivity contribution in [2.75, 3.05) is 6.54 Å². The van der Waals surface area contributed by atoms with Crippen LogP contribution < -0.4 is 0 Å². The second-order valence-electron chi connectivity index (χ2n) is 5.48. The van der Waals surface area contributed by atoms with Gasteiger partial charge < -0.3 is 5.11 Å². The second-order valence-corrected chi connectivity index (χ2v) is 5.48. The first-order valence-corrected chi connectivity index (χ1v) is 7.07. The molecule has 2 rings (SSSR count). The molecule has 1 aromatic rings. The smallest absolute Gasteiger partial charge is 0.232 e. The maximum Gasteiger partial charge on any atom is 0.232 e. The monoisotopic (exact) mass is 275 g/mol. The van der Waals surface area contributed by atoms with Crippen LogP contribution in [0, 0.1) is 11.8 Å². The Kier molecular flexibility index (Phi) is 4.23. The van der Waals surface area contributed by atoms with Crippen molar-refractivity contribution in [2.45, 2.75) is 33.3 Å². The van der Waals surface area contributed by atoms with Gasteiger partial charge in [0.15, 0.2) is 0 Å². The number of likely N-dealkylation sites (tertiary alicyclic amines) is 1. The van der Waals surface area contributed by atoms with Gasteiger partial charge in [0.2, 0.25) is 11.8 Å². The van der Waals surface area contributed by atoms with Crippen LogP contribution in [0.5, 0.6) is 0 Å². The van der Waals surface area contributed by atoms with Gasteiger partial charge in [0, 0.05) is 11.8 Å². The normalized spacial score (nSPS) is 24.3. The lowest BCUT2D eigenvalue weighted by Gasteiger charge is -2.19. The number of carbonyl (C=O) groups excluding carboxylic acids is 2. The maximum atomic E-state index is 12.0. The minimum absolute atomic E-state index is 0.0395. The van der Waals surface area contributed by atoms with Crippen molar-refractivity contribution in [1.82, 2.24) is 4.90 Å². The zero-order valence-electron chi connectivity index (χ0n) is 12.2. The lowest BCUT2D eigenvalue weighted by Crippen LogP contribution is -2.34. The zero-order valence-corrected chi connectivity index (χ0v) is 12.2. The summed E-state index contributed by atoms with van der Waals surface area (Å²) in [5.74, 6) is -0.965. The van der Waals surface area contributed by atoms with Gasteiger partial charge in [0.05, 0.1) is 12.6 Å². The van der Waals surface area contributed by atoms with Crippen LogP contribution in [0.4, 0.5) is 0 Å². The van der Waals surface area contributed by atoms with E-state index in [9.17, 15) is 14.7 Å². The summed E-state index contributed by atoms with van der Waals surface area (Å²) in [6.07, 6.45) is 0.111. The highest BCUT2D eigenvalue weighted by Crippen LogP contribution is 2.27. The van der Waals surface area contributed by atoms with Crippen LogP contribution in [0.15, 0.2) is 24.3 Å². The van der Waals surface area contributed by atoms with E-state index < -0.39 is 6.10 Å². The number of nitrogens with zero attached hydrogens (tertiary/aromatic N) is 1. The van der Waals surface area contributed by atoms with E-state index in [1.165, 1.54) is 10.5 Å². The van der Waals surface area contributed by atoms with Crippen LogP contribution in [-0.4, -0.2) is 28.4 Å². The van der Waals surface area contributed by atoms with Crippen LogP contribution >= 0.6 is 0 Å². The highest BCUT2D eigenvalue weighted by Gasteiger charge is 2.42. The third-order valence-electron chi connectivity index (χ3n) is 4.19. The molecule has 2 amide bonds. The molecule has 0 aromatic heterocycles. The molecule has 0 aliphatic carbocycles. The maximum absolute atomic E-state index is 12.0. The van der Waals surface area contributed by atoms with Crippen molar-refractivity contribution in [3.05, 3.63) is 35.4 Å². The molecule has 4 nitrogen and oxygen atoms in total. The Morgan fingerprint density at radius 1 is 1.10 bits per heavy atom. The molecule has 1 heterocycles. The van der Waals surface area contributed by atoms with Gasteiger partial charge in [-0.3, -0.25) is 14.5 Å². The van der Waals surface area contributed by atoms with Crippen LogP contribution in [0.25, 0.3) is 0 Å². The van der Waals surface area contributed by atoms with Crippen molar-refractivity contribution < 1.29 is 14.7 Å². The fraction of sp³-hybridized carbons (Fsp3) is 0.500. The number of β-amino-alcohol motifs (C(OH)–C–C–N with tert-alkyl or cyclic N) is 1. The molecule has 0 bridgehead atoms. The van der Waals surface area contributed by atoms with Gasteiger partial charge in [-0.25, -0.2) is 0 Å². The summed E-state index contributed by atoms with van der Waals surface area (Å²) in [4.78, 5) is 25.2. The summed E-state index contributed by atoms with van der Waals surface area (Å²) >= 11 is 0. The van der Waals surface area contributed by atoms with Crippen LogP contribution in [0.1, 0.15) is 38.0 Å². The fourth-order valence-electron chi connectivity index (χ4n) is 2.46.